The first-order valence-electron chi connectivity index (χ1n) is 5.00. The number of carbonyl (C=O) groups excluding carboxylic acids is 1. The van der Waals surface area contributed by atoms with Gasteiger partial charge in [-0.3, -0.25) is 0 Å². The van der Waals surface area contributed by atoms with E-state index in [1.807, 2.05) is 0 Å². The molecule has 2 heteroatoms. The molecule has 0 saturated carbocycles. The third-order valence-corrected chi connectivity index (χ3v) is 1.24. The van der Waals surface area contributed by atoms with Crippen molar-refractivity contribution in [2.75, 3.05) is 0 Å². The zero-order valence-electron chi connectivity index (χ0n) is 10.6. The number of rotatable bonds is 1. The van der Waals surface area contributed by atoms with Gasteiger partial charge in [-0.25, -0.2) is 4.79 Å². The van der Waals surface area contributed by atoms with E-state index in [2.05, 4.69) is 88.5 Å². The summed E-state index contributed by atoms with van der Waals surface area (Å²) in [4.78, 5) is 10.9. The number of hydrogen-bond donors (Lipinski definition) is 0. The number of terminal acetylenes is 1. The molecule has 0 unspecified atom stereocenters. The van der Waals surface area contributed by atoms with Crippen LogP contribution in [0.3, 0.4) is 0 Å². The Bertz CT molecular complexity index is 810. The first-order chi connectivity index (χ1) is 9.68. The molecular formula is C18H6O2. The van der Waals surface area contributed by atoms with E-state index < -0.39 is 5.97 Å². The Balaban J connectivity index is 4.28. The quantitative estimate of drug-likeness (QED) is 0.391. The molecule has 0 aromatic carbocycles. The average Bonchev–Trinajstić information content (AvgIpc) is 2.43. The number of carbonyl (C=O) groups is 1. The second-order valence-electron chi connectivity index (χ2n) is 2.79. The molecule has 0 atom stereocenters. The van der Waals surface area contributed by atoms with Crippen LogP contribution in [0.1, 0.15) is 6.92 Å². The van der Waals surface area contributed by atoms with Crippen molar-refractivity contribution in [3.63, 3.8) is 0 Å². The molecule has 0 saturated heterocycles. The van der Waals surface area contributed by atoms with Crippen molar-refractivity contribution in [1.82, 2.24) is 0 Å². The van der Waals surface area contributed by atoms with Crippen LogP contribution in [-0.2, 0) is 9.53 Å². The highest BCUT2D eigenvalue weighted by Gasteiger charge is 1.98. The summed E-state index contributed by atoms with van der Waals surface area (Å²) < 4.78 is 4.47. The molecule has 90 valence electrons. The molecular weight excluding hydrogens is 248 g/mol. The van der Waals surface area contributed by atoms with Gasteiger partial charge in [0.25, 0.3) is 0 Å². The second kappa shape index (κ2) is 11.6. The molecule has 0 aliphatic rings. The van der Waals surface area contributed by atoms with Crippen molar-refractivity contribution < 1.29 is 9.53 Å². The molecule has 0 heterocycles. The van der Waals surface area contributed by atoms with Gasteiger partial charge < -0.3 is 4.74 Å². The van der Waals surface area contributed by atoms with Crippen LogP contribution in [0.2, 0.25) is 0 Å². The molecule has 2 nitrogen and oxygen atoms in total. The fourth-order valence-electron chi connectivity index (χ4n) is 0.502. The molecule has 0 aliphatic heterocycles. The van der Waals surface area contributed by atoms with Crippen molar-refractivity contribution in [3.8, 4) is 83.6 Å². The van der Waals surface area contributed by atoms with Gasteiger partial charge in [-0.2, -0.15) is 0 Å². The van der Waals surface area contributed by atoms with Gasteiger partial charge in [0.15, 0.2) is 0 Å². The first-order valence-corrected chi connectivity index (χ1v) is 5.00. The van der Waals surface area contributed by atoms with E-state index in [0.29, 0.717) is 0 Å². The van der Waals surface area contributed by atoms with Crippen LogP contribution in [0.5, 0.6) is 0 Å². The maximum atomic E-state index is 10.9. The normalized spacial score (nSPS) is 5.20. The lowest BCUT2D eigenvalue weighted by molar-refractivity contribution is -0.132. The van der Waals surface area contributed by atoms with Crippen LogP contribution in [-0.4, -0.2) is 5.97 Å². The van der Waals surface area contributed by atoms with Gasteiger partial charge in [0.2, 0.25) is 0 Å². The Labute approximate surface area is 119 Å². The van der Waals surface area contributed by atoms with Gasteiger partial charge >= 0.3 is 5.97 Å². The van der Waals surface area contributed by atoms with E-state index in [4.69, 9.17) is 6.42 Å². The molecule has 0 aromatic rings. The summed E-state index contributed by atoms with van der Waals surface area (Å²) in [6.07, 6.45) is 6.99. The molecule has 0 rings (SSSR count). The largest absolute Gasteiger partial charge is 0.368 e. The molecule has 0 radical (unpaired) electrons. The lowest BCUT2D eigenvalue weighted by atomic mass is 10.4. The summed E-state index contributed by atoms with van der Waals surface area (Å²) in [6.45, 7) is 4.91. The van der Waals surface area contributed by atoms with E-state index in [1.54, 1.807) is 0 Å². The topological polar surface area (TPSA) is 26.3 Å². The molecule has 0 N–H and O–H groups in total. The highest BCUT2D eigenvalue weighted by molar-refractivity contribution is 5.87. The van der Waals surface area contributed by atoms with Gasteiger partial charge in [-0.05, 0) is 42.4 Å². The number of hydrogen-bond acceptors (Lipinski definition) is 2. The highest BCUT2D eigenvalue weighted by atomic mass is 16.5. The molecule has 0 bridgehead atoms. The van der Waals surface area contributed by atoms with E-state index in [-0.39, 0.29) is 5.57 Å². The standard InChI is InChI=1S/C18H6O2/c1-4-5-6-7-8-9-10-11-12-13-14-15-16-20-18(19)17(2)3/h1H,2H2,3H3. The third-order valence-electron chi connectivity index (χ3n) is 1.24. The van der Waals surface area contributed by atoms with Crippen LogP contribution in [0.15, 0.2) is 12.2 Å². The van der Waals surface area contributed by atoms with E-state index in [1.165, 1.54) is 6.92 Å². The van der Waals surface area contributed by atoms with Crippen LogP contribution in [0, 0.1) is 83.6 Å². The average molecular weight is 254 g/mol. The van der Waals surface area contributed by atoms with Crippen LogP contribution < -0.4 is 0 Å². The Morgan fingerprint density at radius 1 is 0.850 bits per heavy atom. The Hall–Kier alpha value is -3.87. The Kier molecular flexibility index (Phi) is 9.36. The number of esters is 1. The summed E-state index contributed by atoms with van der Waals surface area (Å²) in [5.74, 6) is 27.8. The summed E-state index contributed by atoms with van der Waals surface area (Å²) in [7, 11) is 0. The maximum Gasteiger partial charge on any atom is 0.347 e. The summed E-state index contributed by atoms with van der Waals surface area (Å²) in [5, 5.41) is 0. The lowest BCUT2D eigenvalue weighted by Crippen LogP contribution is -1.99. The molecule has 0 spiro atoms. The molecule has 20 heavy (non-hydrogen) atoms. The first kappa shape index (κ1) is 16.1. The monoisotopic (exact) mass is 254 g/mol. The molecule has 0 aromatic heterocycles. The Morgan fingerprint density at radius 3 is 1.65 bits per heavy atom. The van der Waals surface area contributed by atoms with Crippen molar-refractivity contribution in [2.45, 2.75) is 6.92 Å². The van der Waals surface area contributed by atoms with Gasteiger partial charge in [0, 0.05) is 41.1 Å². The van der Waals surface area contributed by atoms with Crippen LogP contribution in [0.4, 0.5) is 0 Å². The minimum atomic E-state index is -0.595. The fourth-order valence-corrected chi connectivity index (χ4v) is 0.502. The minimum Gasteiger partial charge on any atom is -0.368 e. The highest BCUT2D eigenvalue weighted by Crippen LogP contribution is 1.89. The predicted molar refractivity (Wildman–Crippen MR) is 76.4 cm³/mol. The third kappa shape index (κ3) is 10.6. The van der Waals surface area contributed by atoms with Gasteiger partial charge in [0.1, 0.15) is 6.11 Å². The van der Waals surface area contributed by atoms with E-state index >= 15 is 0 Å². The van der Waals surface area contributed by atoms with Crippen molar-refractivity contribution in [2.24, 2.45) is 0 Å². The van der Waals surface area contributed by atoms with Crippen LogP contribution >= 0.6 is 0 Å². The van der Waals surface area contributed by atoms with Crippen LogP contribution in [0.25, 0.3) is 0 Å². The van der Waals surface area contributed by atoms with Crippen molar-refractivity contribution in [1.29, 1.82) is 0 Å². The number of ether oxygens (including phenoxy) is 1. The summed E-state index contributed by atoms with van der Waals surface area (Å²) in [5.41, 5.74) is 0.260. The van der Waals surface area contributed by atoms with Gasteiger partial charge in [0.05, 0.1) is 0 Å². The fraction of sp³-hybridized carbons (Fsp3) is 0.0556. The SMILES string of the molecule is C#CC#CC#CC#CC#CC#CC#COC(=O)C(=C)C. The smallest absolute Gasteiger partial charge is 0.347 e. The van der Waals surface area contributed by atoms with Gasteiger partial charge in [-0.15, -0.1) is 6.42 Å². The van der Waals surface area contributed by atoms with Gasteiger partial charge in [-0.1, -0.05) is 6.58 Å². The molecule has 0 aliphatic carbocycles. The van der Waals surface area contributed by atoms with Crippen molar-refractivity contribution >= 4 is 5.97 Å². The predicted octanol–water partition coefficient (Wildman–Crippen LogP) is 0.717. The zero-order chi connectivity index (χ0) is 15.1. The summed E-state index contributed by atoms with van der Waals surface area (Å²) >= 11 is 0. The zero-order valence-corrected chi connectivity index (χ0v) is 10.6. The Morgan fingerprint density at radius 2 is 1.25 bits per heavy atom. The van der Waals surface area contributed by atoms with E-state index in [0.717, 1.165) is 0 Å². The second-order valence-corrected chi connectivity index (χ2v) is 2.79. The van der Waals surface area contributed by atoms with E-state index in [9.17, 15) is 4.79 Å². The maximum absolute atomic E-state index is 10.9. The molecule has 0 fully saturated rings. The minimum absolute atomic E-state index is 0.260. The summed E-state index contributed by atoms with van der Waals surface area (Å²) in [6, 6.07) is 0. The molecule has 0 amide bonds. The van der Waals surface area contributed by atoms with Crippen molar-refractivity contribution in [3.05, 3.63) is 12.2 Å². The lowest BCUT2D eigenvalue weighted by Gasteiger charge is -1.89.